The van der Waals surface area contributed by atoms with E-state index in [1.54, 1.807) is 24.3 Å². The maximum absolute atomic E-state index is 12.5. The number of carbonyl (C=O) groups excluding carboxylic acids is 1. The van der Waals surface area contributed by atoms with Crippen molar-refractivity contribution in [3.05, 3.63) is 95.7 Å². The first-order valence-corrected chi connectivity index (χ1v) is 9.34. The third-order valence-corrected chi connectivity index (χ3v) is 4.78. The number of aromatic hydroxyl groups is 1. The minimum absolute atomic E-state index is 0.196. The van der Waals surface area contributed by atoms with Crippen molar-refractivity contribution >= 4 is 16.7 Å². The Hall–Kier alpha value is -3.64. The fourth-order valence-corrected chi connectivity index (χ4v) is 3.25. The highest BCUT2D eigenvalue weighted by atomic mass is 16.3. The average Bonchev–Trinajstić information content (AvgIpc) is 3.24. The minimum Gasteiger partial charge on any atom is -0.508 e. The van der Waals surface area contributed by atoms with Crippen LogP contribution in [0.2, 0.25) is 0 Å². The molecular formula is C23H21N3O3. The number of nitrogens with one attached hydrogen (secondary N) is 1. The molecule has 0 aliphatic rings. The summed E-state index contributed by atoms with van der Waals surface area (Å²) in [7, 11) is 0. The smallest absolute Gasteiger partial charge is 0.273 e. The first kappa shape index (κ1) is 18.7. The third-order valence-electron chi connectivity index (χ3n) is 4.78. The van der Waals surface area contributed by atoms with Crippen molar-refractivity contribution in [3.63, 3.8) is 0 Å². The second-order valence-corrected chi connectivity index (χ2v) is 6.87. The largest absolute Gasteiger partial charge is 0.508 e. The van der Waals surface area contributed by atoms with Crippen LogP contribution in [0.1, 0.15) is 33.5 Å². The van der Waals surface area contributed by atoms with E-state index in [2.05, 4.69) is 10.3 Å². The number of fused-ring (bicyclic) bond motifs is 1. The van der Waals surface area contributed by atoms with Crippen molar-refractivity contribution < 1.29 is 14.3 Å². The van der Waals surface area contributed by atoms with E-state index >= 15 is 0 Å². The summed E-state index contributed by atoms with van der Waals surface area (Å²) < 4.78 is 5.42. The molecule has 0 aliphatic heterocycles. The third kappa shape index (κ3) is 4.28. The van der Waals surface area contributed by atoms with Gasteiger partial charge in [0.1, 0.15) is 12.0 Å². The van der Waals surface area contributed by atoms with Gasteiger partial charge in [-0.05, 0) is 40.5 Å². The van der Waals surface area contributed by atoms with Crippen LogP contribution in [-0.2, 0) is 13.0 Å². The van der Waals surface area contributed by atoms with Crippen molar-refractivity contribution in [1.29, 1.82) is 0 Å². The zero-order valence-corrected chi connectivity index (χ0v) is 15.7. The molecule has 1 heterocycles. The number of aromatic nitrogens is 1. The predicted molar refractivity (Wildman–Crippen MR) is 110 cm³/mol. The van der Waals surface area contributed by atoms with Gasteiger partial charge in [0.05, 0.1) is 6.04 Å². The van der Waals surface area contributed by atoms with Gasteiger partial charge < -0.3 is 20.6 Å². The van der Waals surface area contributed by atoms with Crippen molar-refractivity contribution in [2.45, 2.75) is 19.0 Å². The predicted octanol–water partition coefficient (Wildman–Crippen LogP) is 3.71. The van der Waals surface area contributed by atoms with Crippen LogP contribution in [-0.4, -0.2) is 16.0 Å². The number of carbonyl (C=O) groups is 1. The van der Waals surface area contributed by atoms with Gasteiger partial charge in [-0.15, -0.1) is 0 Å². The molecule has 146 valence electrons. The number of phenolic OH excluding ortho intramolecular Hbond substituents is 1. The molecule has 29 heavy (non-hydrogen) atoms. The quantitative estimate of drug-likeness (QED) is 0.468. The van der Waals surface area contributed by atoms with Crippen LogP contribution in [0.3, 0.4) is 0 Å². The van der Waals surface area contributed by atoms with Crippen molar-refractivity contribution in [3.8, 4) is 5.75 Å². The zero-order valence-electron chi connectivity index (χ0n) is 15.7. The lowest BCUT2D eigenvalue weighted by Crippen LogP contribution is -2.23. The lowest BCUT2D eigenvalue weighted by Gasteiger charge is -2.08. The Morgan fingerprint density at radius 1 is 1.07 bits per heavy atom. The Kier molecular flexibility index (Phi) is 5.27. The second kappa shape index (κ2) is 8.16. The normalized spacial score (nSPS) is 12.0. The fourth-order valence-electron chi connectivity index (χ4n) is 3.25. The summed E-state index contributed by atoms with van der Waals surface area (Å²) >= 11 is 0. The van der Waals surface area contributed by atoms with Crippen LogP contribution in [0, 0.1) is 0 Å². The van der Waals surface area contributed by atoms with Crippen molar-refractivity contribution in [2.24, 2.45) is 5.73 Å². The zero-order chi connectivity index (χ0) is 20.2. The molecular weight excluding hydrogens is 366 g/mol. The van der Waals surface area contributed by atoms with Gasteiger partial charge in [-0.25, -0.2) is 4.98 Å². The topological polar surface area (TPSA) is 101 Å². The van der Waals surface area contributed by atoms with E-state index in [-0.39, 0.29) is 17.4 Å². The van der Waals surface area contributed by atoms with Crippen LogP contribution in [0.5, 0.6) is 5.75 Å². The summed E-state index contributed by atoms with van der Waals surface area (Å²) in [5.74, 6) is 0.182. The number of nitrogens with two attached hydrogens (primary N) is 1. The molecule has 4 N–H and O–H groups in total. The number of nitrogens with zero attached hydrogens (tertiary/aromatic N) is 1. The van der Waals surface area contributed by atoms with Gasteiger partial charge in [0.15, 0.2) is 5.69 Å². The molecule has 0 aliphatic carbocycles. The summed E-state index contributed by atoms with van der Waals surface area (Å²) in [4.78, 5) is 16.7. The highest BCUT2D eigenvalue weighted by molar-refractivity contribution is 5.92. The van der Waals surface area contributed by atoms with E-state index in [9.17, 15) is 9.90 Å². The van der Waals surface area contributed by atoms with Gasteiger partial charge in [-0.1, -0.05) is 54.6 Å². The Labute approximate surface area is 168 Å². The minimum atomic E-state index is -0.487. The Balaban J connectivity index is 1.41. The summed E-state index contributed by atoms with van der Waals surface area (Å²) in [6.07, 6.45) is 1.81. The molecule has 1 atom stereocenters. The molecule has 0 bridgehead atoms. The molecule has 1 amide bonds. The molecule has 0 fully saturated rings. The molecule has 6 nitrogen and oxygen atoms in total. The maximum Gasteiger partial charge on any atom is 0.273 e. The Bertz CT molecular complexity index is 1130. The first-order chi connectivity index (χ1) is 14.1. The van der Waals surface area contributed by atoms with E-state index < -0.39 is 6.04 Å². The number of benzene rings is 3. The van der Waals surface area contributed by atoms with Crippen LogP contribution in [0.25, 0.3) is 10.8 Å². The molecule has 0 saturated carbocycles. The van der Waals surface area contributed by atoms with E-state index in [1.165, 1.54) is 6.26 Å². The van der Waals surface area contributed by atoms with E-state index in [0.29, 0.717) is 18.9 Å². The number of oxazole rings is 1. The lowest BCUT2D eigenvalue weighted by molar-refractivity contribution is 0.0946. The highest BCUT2D eigenvalue weighted by Gasteiger charge is 2.17. The molecule has 0 radical (unpaired) electrons. The number of rotatable bonds is 6. The maximum atomic E-state index is 12.5. The van der Waals surface area contributed by atoms with E-state index in [0.717, 1.165) is 21.9 Å². The van der Waals surface area contributed by atoms with E-state index in [1.807, 2.05) is 42.5 Å². The number of phenols is 1. The number of amides is 1. The molecule has 3 aromatic carbocycles. The molecule has 0 spiro atoms. The summed E-state index contributed by atoms with van der Waals surface area (Å²) in [6, 6.07) is 20.3. The molecule has 0 saturated heterocycles. The number of hydrogen-bond donors (Lipinski definition) is 3. The van der Waals surface area contributed by atoms with Gasteiger partial charge in [0.25, 0.3) is 5.91 Å². The van der Waals surface area contributed by atoms with Crippen LogP contribution in [0.4, 0.5) is 0 Å². The van der Waals surface area contributed by atoms with Crippen LogP contribution in [0.15, 0.2) is 77.4 Å². The van der Waals surface area contributed by atoms with E-state index in [4.69, 9.17) is 10.2 Å². The van der Waals surface area contributed by atoms with Gasteiger partial charge in [0.2, 0.25) is 5.89 Å². The van der Waals surface area contributed by atoms with Crippen LogP contribution < -0.4 is 11.1 Å². The standard InChI is InChI=1S/C23H21N3O3/c24-20(12-15-8-10-18(27)11-9-15)23-26-21(14-29-23)22(28)25-13-17-6-3-5-16-4-1-2-7-19(16)17/h1-11,14,20,27H,12-13,24H2,(H,25,28). The van der Waals surface area contributed by atoms with Gasteiger partial charge in [-0.2, -0.15) is 0 Å². The molecule has 6 heteroatoms. The molecule has 1 unspecified atom stereocenters. The fraction of sp³-hybridized carbons (Fsp3) is 0.130. The first-order valence-electron chi connectivity index (χ1n) is 9.34. The second-order valence-electron chi connectivity index (χ2n) is 6.87. The molecule has 1 aromatic heterocycles. The Morgan fingerprint density at radius 2 is 1.83 bits per heavy atom. The molecule has 4 rings (SSSR count). The van der Waals surface area contributed by atoms with Crippen LogP contribution >= 0.6 is 0 Å². The SMILES string of the molecule is NC(Cc1ccc(O)cc1)c1nc(C(=O)NCc2cccc3ccccc23)co1. The lowest BCUT2D eigenvalue weighted by atomic mass is 10.0. The summed E-state index contributed by atoms with van der Waals surface area (Å²) in [5, 5.41) is 14.5. The van der Waals surface area contributed by atoms with Crippen molar-refractivity contribution in [2.75, 3.05) is 0 Å². The Morgan fingerprint density at radius 3 is 2.66 bits per heavy atom. The number of hydrogen-bond acceptors (Lipinski definition) is 5. The highest BCUT2D eigenvalue weighted by Crippen LogP contribution is 2.20. The summed E-state index contributed by atoms with van der Waals surface area (Å²) in [6.45, 7) is 0.391. The monoisotopic (exact) mass is 387 g/mol. The van der Waals surface area contributed by atoms with Crippen molar-refractivity contribution in [1.82, 2.24) is 10.3 Å². The average molecular weight is 387 g/mol. The van der Waals surface area contributed by atoms with Gasteiger partial charge in [0, 0.05) is 6.54 Å². The summed E-state index contributed by atoms with van der Waals surface area (Å²) in [5.41, 5.74) is 8.32. The van der Waals surface area contributed by atoms with Gasteiger partial charge >= 0.3 is 0 Å². The van der Waals surface area contributed by atoms with Gasteiger partial charge in [-0.3, -0.25) is 4.79 Å². The molecule has 4 aromatic rings.